The molecule has 1 aromatic rings. The van der Waals surface area contributed by atoms with Gasteiger partial charge in [0.25, 0.3) is 0 Å². The first-order chi connectivity index (χ1) is 10.9. The third-order valence-corrected chi connectivity index (χ3v) is 3.60. The first-order valence-corrected chi connectivity index (χ1v) is 8.22. The molecule has 128 valence electrons. The van der Waals surface area contributed by atoms with Crippen LogP contribution in [0.25, 0.3) is 0 Å². The predicted octanol–water partition coefficient (Wildman–Crippen LogP) is 4.82. The third-order valence-electron chi connectivity index (χ3n) is 3.60. The molecule has 0 saturated heterocycles. The zero-order chi connectivity index (χ0) is 17.4. The smallest absolute Gasteiger partial charge is 0.311 e. The molecule has 0 bridgehead atoms. The van der Waals surface area contributed by atoms with Crippen LogP contribution in [0.15, 0.2) is 24.5 Å². The Balaban J connectivity index is 3.19. The molecule has 0 aromatic heterocycles. The first kappa shape index (κ1) is 19.0. The largest absolute Gasteiger partial charge is 0.495 e. The molecule has 0 spiro atoms. The summed E-state index contributed by atoms with van der Waals surface area (Å²) in [5.41, 5.74) is 2.15. The number of nitrogens with zero attached hydrogens (tertiary/aromatic N) is 1. The van der Waals surface area contributed by atoms with Crippen molar-refractivity contribution in [2.75, 3.05) is 6.61 Å². The quantitative estimate of drug-likeness (QED) is 0.352. The zero-order valence-corrected chi connectivity index (χ0v) is 14.6. The lowest BCUT2D eigenvalue weighted by Crippen LogP contribution is -2.17. The molecule has 0 heterocycles. The molecule has 0 saturated carbocycles. The second-order valence-corrected chi connectivity index (χ2v) is 5.51. The minimum absolute atomic E-state index is 0.00412. The minimum Gasteiger partial charge on any atom is -0.495 e. The van der Waals surface area contributed by atoms with Crippen LogP contribution in [-0.2, 0) is 17.6 Å². The Kier molecular flexibility index (Phi) is 7.59. The summed E-state index contributed by atoms with van der Waals surface area (Å²) in [5, 5.41) is 11.4. The van der Waals surface area contributed by atoms with Crippen LogP contribution < -0.4 is 4.74 Å². The van der Waals surface area contributed by atoms with Gasteiger partial charge >= 0.3 is 5.69 Å². The van der Waals surface area contributed by atoms with Crippen molar-refractivity contribution in [3.8, 4) is 5.75 Å². The van der Waals surface area contributed by atoms with Crippen LogP contribution in [0.3, 0.4) is 0 Å². The van der Waals surface area contributed by atoms with Gasteiger partial charge in [-0.15, -0.1) is 0 Å². The number of hydrogen-bond acceptors (Lipinski definition) is 4. The number of nitro groups is 1. The fourth-order valence-corrected chi connectivity index (χ4v) is 2.45. The molecule has 5 heteroatoms. The van der Waals surface area contributed by atoms with E-state index < -0.39 is 6.10 Å². The van der Waals surface area contributed by atoms with Crippen molar-refractivity contribution in [2.24, 2.45) is 0 Å². The molecule has 0 fully saturated rings. The van der Waals surface area contributed by atoms with Gasteiger partial charge in [0.1, 0.15) is 5.76 Å². The van der Waals surface area contributed by atoms with E-state index in [1.807, 2.05) is 13.0 Å². The Morgan fingerprint density at radius 1 is 1.22 bits per heavy atom. The van der Waals surface area contributed by atoms with Crippen molar-refractivity contribution in [3.63, 3.8) is 0 Å². The number of benzene rings is 1. The number of ether oxygens (including phenoxy) is 2. The molecule has 5 nitrogen and oxygen atoms in total. The van der Waals surface area contributed by atoms with Gasteiger partial charge in [0.05, 0.1) is 11.5 Å². The molecule has 1 aromatic carbocycles. The van der Waals surface area contributed by atoms with Crippen LogP contribution in [0.1, 0.15) is 51.7 Å². The van der Waals surface area contributed by atoms with E-state index in [0.717, 1.165) is 36.8 Å². The Hall–Kier alpha value is -2.04. The van der Waals surface area contributed by atoms with E-state index in [-0.39, 0.29) is 16.4 Å². The monoisotopic (exact) mass is 321 g/mol. The van der Waals surface area contributed by atoms with Crippen LogP contribution in [0.4, 0.5) is 5.69 Å². The van der Waals surface area contributed by atoms with Crippen molar-refractivity contribution in [1.82, 2.24) is 0 Å². The zero-order valence-electron chi connectivity index (χ0n) is 14.6. The van der Waals surface area contributed by atoms with E-state index >= 15 is 0 Å². The summed E-state index contributed by atoms with van der Waals surface area (Å²) in [6.07, 6.45) is 3.20. The predicted molar refractivity (Wildman–Crippen MR) is 91.9 cm³/mol. The van der Waals surface area contributed by atoms with E-state index in [9.17, 15) is 10.1 Å². The summed E-state index contributed by atoms with van der Waals surface area (Å²) in [7, 11) is 0. The van der Waals surface area contributed by atoms with E-state index in [2.05, 4.69) is 20.4 Å². The molecular formula is C18H27NO4. The average molecular weight is 321 g/mol. The van der Waals surface area contributed by atoms with E-state index in [1.165, 1.54) is 0 Å². The molecule has 0 aliphatic carbocycles. The van der Waals surface area contributed by atoms with Crippen LogP contribution in [0.5, 0.6) is 5.75 Å². The fraction of sp³-hybridized carbons (Fsp3) is 0.556. The first-order valence-electron chi connectivity index (χ1n) is 8.22. The van der Waals surface area contributed by atoms with Crippen molar-refractivity contribution in [2.45, 2.75) is 59.5 Å². The van der Waals surface area contributed by atoms with E-state index in [0.29, 0.717) is 12.4 Å². The Bertz CT molecular complexity index is 554. The molecule has 0 radical (unpaired) electrons. The second-order valence-electron chi connectivity index (χ2n) is 5.51. The molecule has 1 rings (SSSR count). The summed E-state index contributed by atoms with van der Waals surface area (Å²) in [4.78, 5) is 11.0. The third kappa shape index (κ3) is 5.27. The maximum absolute atomic E-state index is 11.4. The maximum Gasteiger partial charge on any atom is 0.311 e. The number of nitro benzene ring substituents is 1. The highest BCUT2D eigenvalue weighted by molar-refractivity contribution is 5.52. The van der Waals surface area contributed by atoms with Crippen LogP contribution in [-0.4, -0.2) is 17.6 Å². The highest BCUT2D eigenvalue weighted by atomic mass is 16.6. The molecule has 0 amide bonds. The molecule has 23 heavy (non-hydrogen) atoms. The summed E-state index contributed by atoms with van der Waals surface area (Å²) in [6, 6.07) is 3.46. The molecule has 1 atom stereocenters. The molecule has 1 unspecified atom stereocenters. The van der Waals surface area contributed by atoms with Gasteiger partial charge < -0.3 is 9.47 Å². The SMILES string of the molecule is C=C(OCC)C(C)Oc1cc(CCC)c(CCC)cc1[N+](=O)[O-]. The second kappa shape index (κ2) is 9.18. The summed E-state index contributed by atoms with van der Waals surface area (Å²) >= 11 is 0. The van der Waals surface area contributed by atoms with Gasteiger partial charge in [-0.1, -0.05) is 33.3 Å². The normalized spacial score (nSPS) is 11.8. The van der Waals surface area contributed by atoms with Crippen molar-refractivity contribution < 1.29 is 14.4 Å². The van der Waals surface area contributed by atoms with Gasteiger partial charge in [0, 0.05) is 6.07 Å². The van der Waals surface area contributed by atoms with Crippen molar-refractivity contribution in [3.05, 3.63) is 45.7 Å². The lowest BCUT2D eigenvalue weighted by Gasteiger charge is -2.19. The maximum atomic E-state index is 11.4. The van der Waals surface area contributed by atoms with Crippen LogP contribution >= 0.6 is 0 Å². The van der Waals surface area contributed by atoms with Crippen molar-refractivity contribution >= 4 is 5.69 Å². The summed E-state index contributed by atoms with van der Waals surface area (Å²) < 4.78 is 11.1. The number of hydrogen-bond donors (Lipinski definition) is 0. The van der Waals surface area contributed by atoms with Gasteiger partial charge in [-0.25, -0.2) is 0 Å². The lowest BCUT2D eigenvalue weighted by molar-refractivity contribution is -0.386. The van der Waals surface area contributed by atoms with Crippen molar-refractivity contribution in [1.29, 1.82) is 0 Å². The van der Waals surface area contributed by atoms with Gasteiger partial charge in [0.2, 0.25) is 0 Å². The average Bonchev–Trinajstić information content (AvgIpc) is 2.49. The topological polar surface area (TPSA) is 61.6 Å². The highest BCUT2D eigenvalue weighted by Gasteiger charge is 2.22. The Morgan fingerprint density at radius 3 is 2.26 bits per heavy atom. The number of aryl methyl sites for hydroxylation is 2. The summed E-state index contributed by atoms with van der Waals surface area (Å²) in [6.45, 7) is 12.1. The van der Waals surface area contributed by atoms with Gasteiger partial charge in [-0.2, -0.15) is 0 Å². The van der Waals surface area contributed by atoms with E-state index in [4.69, 9.17) is 9.47 Å². The van der Waals surface area contributed by atoms with Crippen LogP contribution in [0.2, 0.25) is 0 Å². The Labute approximate surface area is 138 Å². The molecule has 0 N–H and O–H groups in total. The number of rotatable bonds is 10. The highest BCUT2D eigenvalue weighted by Crippen LogP contribution is 2.33. The standard InChI is InChI=1S/C18H27NO4/c1-6-9-15-11-17(19(20)21)18(12-16(15)10-7-2)23-14(5)13(4)22-8-3/h11-12,14H,4,6-10H2,1-3,5H3. The molecule has 0 aliphatic rings. The fourth-order valence-electron chi connectivity index (χ4n) is 2.45. The molecular weight excluding hydrogens is 294 g/mol. The van der Waals surface area contributed by atoms with Gasteiger partial charge in [0.15, 0.2) is 11.9 Å². The lowest BCUT2D eigenvalue weighted by atomic mass is 9.98. The van der Waals surface area contributed by atoms with Gasteiger partial charge in [-0.3, -0.25) is 10.1 Å². The van der Waals surface area contributed by atoms with Gasteiger partial charge in [-0.05, 0) is 43.9 Å². The Morgan fingerprint density at radius 2 is 1.78 bits per heavy atom. The van der Waals surface area contributed by atoms with E-state index in [1.54, 1.807) is 13.0 Å². The van der Waals surface area contributed by atoms with Crippen LogP contribution in [0, 0.1) is 10.1 Å². The minimum atomic E-state index is -0.444. The molecule has 0 aliphatic heterocycles. The summed E-state index contributed by atoms with van der Waals surface area (Å²) in [5.74, 6) is 0.753.